The molecule has 3 nitrogen and oxygen atoms in total. The van der Waals surface area contributed by atoms with E-state index in [9.17, 15) is 0 Å². The highest BCUT2D eigenvalue weighted by Gasteiger charge is 2.29. The van der Waals surface area contributed by atoms with Crippen molar-refractivity contribution < 1.29 is 0 Å². The van der Waals surface area contributed by atoms with Gasteiger partial charge in [0.2, 0.25) is 0 Å². The van der Waals surface area contributed by atoms with Gasteiger partial charge in [0.1, 0.15) is 5.82 Å². The van der Waals surface area contributed by atoms with Crippen LogP contribution in [0.3, 0.4) is 0 Å². The van der Waals surface area contributed by atoms with Gasteiger partial charge in [0, 0.05) is 25.7 Å². The van der Waals surface area contributed by atoms with Gasteiger partial charge in [-0.1, -0.05) is 18.0 Å². The van der Waals surface area contributed by atoms with Crippen LogP contribution in [-0.4, -0.2) is 42.1 Å². The van der Waals surface area contributed by atoms with Crippen LogP contribution in [0.15, 0.2) is 12.1 Å². The van der Waals surface area contributed by atoms with E-state index in [0.717, 1.165) is 31.1 Å². The Balaban J connectivity index is 1.75. The number of pyridine rings is 1. The molecule has 2 aliphatic rings. The number of nitrogens with zero attached hydrogens (tertiary/aromatic N) is 3. The molecule has 1 atom stereocenters. The molecule has 0 bridgehead atoms. The van der Waals surface area contributed by atoms with E-state index in [1.165, 1.54) is 25.8 Å². The van der Waals surface area contributed by atoms with E-state index < -0.39 is 0 Å². The molecule has 0 radical (unpaired) electrons. The lowest BCUT2D eigenvalue weighted by atomic mass is 9.99. The predicted octanol–water partition coefficient (Wildman–Crippen LogP) is 3.15. The minimum Gasteiger partial charge on any atom is -0.354 e. The number of aromatic nitrogens is 1. The van der Waals surface area contributed by atoms with Crippen LogP contribution in [-0.2, 0) is 5.88 Å². The number of halogens is 2. The normalized spacial score (nSPS) is 24.3. The summed E-state index contributed by atoms with van der Waals surface area (Å²) in [7, 11) is 0. The van der Waals surface area contributed by atoms with Gasteiger partial charge in [0.15, 0.2) is 0 Å². The van der Waals surface area contributed by atoms with E-state index in [-0.39, 0.29) is 0 Å². The van der Waals surface area contributed by atoms with Gasteiger partial charge in [-0.05, 0) is 31.5 Å². The molecular weight excluding hydrogens is 281 g/mol. The molecule has 3 rings (SSSR count). The lowest BCUT2D eigenvalue weighted by molar-refractivity contribution is 0.133. The van der Waals surface area contributed by atoms with Crippen molar-refractivity contribution in [1.29, 1.82) is 0 Å². The third-order valence-corrected chi connectivity index (χ3v) is 4.79. The van der Waals surface area contributed by atoms with Gasteiger partial charge >= 0.3 is 0 Å². The van der Waals surface area contributed by atoms with Crippen molar-refractivity contribution in [2.24, 2.45) is 0 Å². The monoisotopic (exact) mass is 299 g/mol. The predicted molar refractivity (Wildman–Crippen MR) is 80.2 cm³/mol. The molecule has 2 fully saturated rings. The molecule has 5 heteroatoms. The summed E-state index contributed by atoms with van der Waals surface area (Å²) >= 11 is 12.0. The van der Waals surface area contributed by atoms with E-state index in [2.05, 4.69) is 14.8 Å². The molecule has 1 aromatic rings. The summed E-state index contributed by atoms with van der Waals surface area (Å²) in [5.41, 5.74) is 0.784. The zero-order chi connectivity index (χ0) is 13.2. The quantitative estimate of drug-likeness (QED) is 0.782. The minimum atomic E-state index is 0.371. The summed E-state index contributed by atoms with van der Waals surface area (Å²) in [4.78, 5) is 9.59. The van der Waals surface area contributed by atoms with Crippen LogP contribution in [0.2, 0.25) is 5.02 Å². The standard InChI is InChI=1S/C14H19Cl2N3/c15-9-13-12(16)4-5-14(17-13)19-8-7-18-6-2-1-3-11(18)10-19/h4-5,11H,1-3,6-10H2. The first-order valence-corrected chi connectivity index (χ1v) is 7.89. The van der Waals surface area contributed by atoms with Crippen LogP contribution in [0.1, 0.15) is 25.0 Å². The number of piperazine rings is 1. The lowest BCUT2D eigenvalue weighted by Gasteiger charge is -2.44. The first-order valence-electron chi connectivity index (χ1n) is 6.98. The van der Waals surface area contributed by atoms with Crippen molar-refractivity contribution in [3.05, 3.63) is 22.8 Å². The first kappa shape index (κ1) is 13.5. The van der Waals surface area contributed by atoms with Gasteiger partial charge in [-0.3, -0.25) is 4.90 Å². The Morgan fingerprint density at radius 2 is 2.11 bits per heavy atom. The zero-order valence-electron chi connectivity index (χ0n) is 11.0. The number of piperidine rings is 1. The van der Waals surface area contributed by atoms with Crippen LogP contribution in [0.25, 0.3) is 0 Å². The van der Waals surface area contributed by atoms with Crippen LogP contribution >= 0.6 is 23.2 Å². The fourth-order valence-electron chi connectivity index (χ4n) is 3.11. The van der Waals surface area contributed by atoms with Gasteiger partial charge in [-0.15, -0.1) is 11.6 Å². The molecule has 1 aromatic heterocycles. The highest BCUT2D eigenvalue weighted by molar-refractivity contribution is 6.32. The van der Waals surface area contributed by atoms with E-state index in [0.29, 0.717) is 16.9 Å². The smallest absolute Gasteiger partial charge is 0.129 e. The van der Waals surface area contributed by atoms with Gasteiger partial charge in [0.05, 0.1) is 16.6 Å². The molecule has 3 heterocycles. The molecule has 2 saturated heterocycles. The Kier molecular flexibility index (Phi) is 4.15. The van der Waals surface area contributed by atoms with Crippen LogP contribution < -0.4 is 4.90 Å². The Morgan fingerprint density at radius 3 is 2.95 bits per heavy atom. The lowest BCUT2D eigenvalue weighted by Crippen LogP contribution is -2.55. The SMILES string of the molecule is ClCc1nc(N2CCN3CCCCC3C2)ccc1Cl. The zero-order valence-corrected chi connectivity index (χ0v) is 12.5. The number of hydrogen-bond donors (Lipinski definition) is 0. The number of alkyl halides is 1. The second-order valence-corrected chi connectivity index (χ2v) is 6.04. The maximum absolute atomic E-state index is 6.07. The summed E-state index contributed by atoms with van der Waals surface area (Å²) in [6.45, 7) is 4.54. The van der Waals surface area contributed by atoms with Crippen molar-refractivity contribution in [2.45, 2.75) is 31.2 Å². The van der Waals surface area contributed by atoms with Crippen LogP contribution in [0.5, 0.6) is 0 Å². The van der Waals surface area contributed by atoms with Gasteiger partial charge in [0.25, 0.3) is 0 Å². The van der Waals surface area contributed by atoms with Gasteiger partial charge in [-0.2, -0.15) is 0 Å². The molecule has 0 aliphatic carbocycles. The third-order valence-electron chi connectivity index (χ3n) is 4.19. The molecule has 2 aliphatic heterocycles. The van der Waals surface area contributed by atoms with E-state index in [1.54, 1.807) is 0 Å². The van der Waals surface area contributed by atoms with Crippen molar-refractivity contribution in [3.8, 4) is 0 Å². The molecule has 104 valence electrons. The van der Waals surface area contributed by atoms with Gasteiger partial charge in [-0.25, -0.2) is 4.98 Å². The highest BCUT2D eigenvalue weighted by atomic mass is 35.5. The molecule has 1 unspecified atom stereocenters. The summed E-state index contributed by atoms with van der Waals surface area (Å²) in [5, 5.41) is 0.662. The Labute approximate surface area is 124 Å². The van der Waals surface area contributed by atoms with Crippen molar-refractivity contribution in [1.82, 2.24) is 9.88 Å². The molecule has 0 spiro atoms. The topological polar surface area (TPSA) is 19.4 Å². The molecule has 0 N–H and O–H groups in total. The number of hydrogen-bond acceptors (Lipinski definition) is 3. The minimum absolute atomic E-state index is 0.371. The molecular formula is C14H19Cl2N3. The Morgan fingerprint density at radius 1 is 1.21 bits per heavy atom. The first-order chi connectivity index (χ1) is 9.28. The third kappa shape index (κ3) is 2.83. The number of anilines is 1. The fraction of sp³-hybridized carbons (Fsp3) is 0.643. The maximum Gasteiger partial charge on any atom is 0.129 e. The second kappa shape index (κ2) is 5.86. The van der Waals surface area contributed by atoms with Crippen LogP contribution in [0.4, 0.5) is 5.82 Å². The summed E-state index contributed by atoms with van der Waals surface area (Å²) in [6.07, 6.45) is 4.02. The second-order valence-electron chi connectivity index (χ2n) is 5.36. The average Bonchev–Trinajstić information content (AvgIpc) is 2.47. The molecule has 0 amide bonds. The largest absolute Gasteiger partial charge is 0.354 e. The summed E-state index contributed by atoms with van der Waals surface area (Å²) in [6, 6.07) is 4.62. The number of fused-ring (bicyclic) bond motifs is 1. The highest BCUT2D eigenvalue weighted by Crippen LogP contribution is 2.26. The summed E-state index contributed by atoms with van der Waals surface area (Å²) in [5.74, 6) is 1.39. The molecule has 0 saturated carbocycles. The van der Waals surface area contributed by atoms with E-state index in [4.69, 9.17) is 23.2 Å². The van der Waals surface area contributed by atoms with Crippen molar-refractivity contribution in [3.63, 3.8) is 0 Å². The van der Waals surface area contributed by atoms with E-state index in [1.807, 2.05) is 12.1 Å². The Hall–Kier alpha value is -0.510. The van der Waals surface area contributed by atoms with E-state index >= 15 is 0 Å². The molecule has 0 aromatic carbocycles. The van der Waals surface area contributed by atoms with Crippen LogP contribution in [0, 0.1) is 0 Å². The average molecular weight is 300 g/mol. The van der Waals surface area contributed by atoms with Crippen molar-refractivity contribution in [2.75, 3.05) is 31.1 Å². The molecule has 19 heavy (non-hydrogen) atoms. The maximum atomic E-state index is 6.07. The summed E-state index contributed by atoms with van der Waals surface area (Å²) < 4.78 is 0. The Bertz CT molecular complexity index is 452. The van der Waals surface area contributed by atoms with Gasteiger partial charge < -0.3 is 4.90 Å². The number of rotatable bonds is 2. The fourth-order valence-corrected chi connectivity index (χ4v) is 3.55. The van der Waals surface area contributed by atoms with Crippen molar-refractivity contribution >= 4 is 29.0 Å².